The molecule has 0 saturated heterocycles. The number of amides is 1. The molecule has 0 unspecified atom stereocenters. The molecule has 0 aliphatic carbocycles. The van der Waals surface area contributed by atoms with E-state index in [1.54, 1.807) is 18.6 Å². The van der Waals surface area contributed by atoms with Gasteiger partial charge in [0.15, 0.2) is 0 Å². The van der Waals surface area contributed by atoms with E-state index >= 15 is 0 Å². The molecule has 0 aliphatic heterocycles. The van der Waals surface area contributed by atoms with Crippen molar-refractivity contribution in [3.05, 3.63) is 59.7 Å². The van der Waals surface area contributed by atoms with Crippen molar-refractivity contribution in [3.63, 3.8) is 0 Å². The SMILES string of the molecule is CCc1ccccc1NC(=O)c1c(C)nsc1Nc1cnccn1. The molecule has 0 fully saturated rings. The van der Waals surface area contributed by atoms with Crippen molar-refractivity contribution in [3.8, 4) is 0 Å². The molecule has 7 heteroatoms. The smallest absolute Gasteiger partial charge is 0.260 e. The van der Waals surface area contributed by atoms with Crippen LogP contribution < -0.4 is 10.6 Å². The summed E-state index contributed by atoms with van der Waals surface area (Å²) in [4.78, 5) is 20.9. The summed E-state index contributed by atoms with van der Waals surface area (Å²) >= 11 is 1.23. The number of para-hydroxylation sites is 1. The molecular weight excluding hydrogens is 322 g/mol. The lowest BCUT2D eigenvalue weighted by Crippen LogP contribution is -2.15. The van der Waals surface area contributed by atoms with Crippen LogP contribution in [0, 0.1) is 6.92 Å². The molecule has 0 spiro atoms. The second-order valence-corrected chi connectivity index (χ2v) is 5.93. The summed E-state index contributed by atoms with van der Waals surface area (Å²) in [5.41, 5.74) is 3.12. The summed E-state index contributed by atoms with van der Waals surface area (Å²) in [6.07, 6.45) is 5.64. The number of benzene rings is 1. The summed E-state index contributed by atoms with van der Waals surface area (Å²) < 4.78 is 4.29. The molecule has 2 heterocycles. The molecule has 122 valence electrons. The van der Waals surface area contributed by atoms with Crippen LogP contribution in [-0.4, -0.2) is 20.2 Å². The van der Waals surface area contributed by atoms with Crippen LogP contribution in [0.3, 0.4) is 0 Å². The Morgan fingerprint density at radius 3 is 2.83 bits per heavy atom. The molecule has 0 radical (unpaired) electrons. The van der Waals surface area contributed by atoms with E-state index in [0.29, 0.717) is 22.1 Å². The molecule has 0 bridgehead atoms. The Bertz CT molecular complexity index is 847. The third kappa shape index (κ3) is 3.41. The van der Waals surface area contributed by atoms with Gasteiger partial charge >= 0.3 is 0 Å². The van der Waals surface area contributed by atoms with Crippen LogP contribution in [-0.2, 0) is 6.42 Å². The molecule has 1 aromatic carbocycles. The molecule has 0 aliphatic rings. The number of carbonyl (C=O) groups excluding carboxylic acids is 1. The highest BCUT2D eigenvalue weighted by Gasteiger charge is 2.19. The zero-order chi connectivity index (χ0) is 16.9. The first-order valence-electron chi connectivity index (χ1n) is 7.57. The van der Waals surface area contributed by atoms with Gasteiger partial charge in [0, 0.05) is 18.1 Å². The molecule has 2 aromatic heterocycles. The molecular formula is C17H17N5OS. The first-order chi connectivity index (χ1) is 11.7. The van der Waals surface area contributed by atoms with Crippen LogP contribution in [0.2, 0.25) is 0 Å². The minimum Gasteiger partial charge on any atom is -0.329 e. The van der Waals surface area contributed by atoms with Crippen LogP contribution in [0.25, 0.3) is 0 Å². The molecule has 24 heavy (non-hydrogen) atoms. The van der Waals surface area contributed by atoms with E-state index < -0.39 is 0 Å². The number of aromatic nitrogens is 3. The van der Waals surface area contributed by atoms with Crippen molar-refractivity contribution in [1.29, 1.82) is 0 Å². The van der Waals surface area contributed by atoms with Gasteiger partial charge in [-0.15, -0.1) is 0 Å². The fourth-order valence-electron chi connectivity index (χ4n) is 2.34. The fourth-order valence-corrected chi connectivity index (χ4v) is 3.14. The van der Waals surface area contributed by atoms with Crippen molar-refractivity contribution in [2.24, 2.45) is 0 Å². The maximum atomic E-state index is 12.8. The van der Waals surface area contributed by atoms with Crippen LogP contribution in [0.5, 0.6) is 0 Å². The normalized spacial score (nSPS) is 10.4. The Morgan fingerprint density at radius 2 is 2.08 bits per heavy atom. The third-order valence-electron chi connectivity index (χ3n) is 3.54. The highest BCUT2D eigenvalue weighted by Crippen LogP contribution is 2.28. The van der Waals surface area contributed by atoms with E-state index in [2.05, 4.69) is 31.9 Å². The molecule has 3 aromatic rings. The van der Waals surface area contributed by atoms with Gasteiger partial charge in [0.25, 0.3) is 5.91 Å². The second kappa shape index (κ2) is 7.18. The van der Waals surface area contributed by atoms with Gasteiger partial charge in [-0.25, -0.2) is 4.98 Å². The second-order valence-electron chi connectivity index (χ2n) is 5.15. The zero-order valence-electron chi connectivity index (χ0n) is 13.4. The van der Waals surface area contributed by atoms with Gasteiger partial charge in [0.2, 0.25) is 0 Å². The van der Waals surface area contributed by atoms with Crippen LogP contribution in [0.15, 0.2) is 42.9 Å². The Balaban J connectivity index is 1.86. The number of aryl methyl sites for hydroxylation is 2. The average Bonchev–Trinajstić information content (AvgIpc) is 2.96. The van der Waals surface area contributed by atoms with Crippen molar-refractivity contribution in [2.75, 3.05) is 10.6 Å². The van der Waals surface area contributed by atoms with Gasteiger partial charge in [0.05, 0.1) is 17.5 Å². The number of nitrogens with one attached hydrogen (secondary N) is 2. The Hall–Kier alpha value is -2.80. The quantitative estimate of drug-likeness (QED) is 0.739. The highest BCUT2D eigenvalue weighted by atomic mass is 32.1. The summed E-state index contributed by atoms with van der Waals surface area (Å²) in [5.74, 6) is 0.387. The Morgan fingerprint density at radius 1 is 1.25 bits per heavy atom. The van der Waals surface area contributed by atoms with E-state index in [-0.39, 0.29) is 5.91 Å². The predicted octanol–water partition coefficient (Wildman–Crippen LogP) is 3.80. The van der Waals surface area contributed by atoms with Gasteiger partial charge in [-0.1, -0.05) is 25.1 Å². The minimum absolute atomic E-state index is 0.187. The van der Waals surface area contributed by atoms with Gasteiger partial charge in [0.1, 0.15) is 10.8 Å². The Labute approximate surface area is 144 Å². The van der Waals surface area contributed by atoms with Crippen LogP contribution in [0.4, 0.5) is 16.5 Å². The summed E-state index contributed by atoms with van der Waals surface area (Å²) in [6.45, 7) is 3.88. The maximum absolute atomic E-state index is 12.8. The molecule has 2 N–H and O–H groups in total. The lowest BCUT2D eigenvalue weighted by molar-refractivity contribution is 0.102. The first-order valence-corrected chi connectivity index (χ1v) is 8.35. The average molecular weight is 339 g/mol. The van der Waals surface area contributed by atoms with Gasteiger partial charge in [-0.3, -0.25) is 9.78 Å². The lowest BCUT2D eigenvalue weighted by atomic mass is 10.1. The largest absolute Gasteiger partial charge is 0.329 e. The third-order valence-corrected chi connectivity index (χ3v) is 4.39. The molecule has 1 amide bonds. The predicted molar refractivity (Wildman–Crippen MR) is 95.9 cm³/mol. The van der Waals surface area contributed by atoms with E-state index in [4.69, 9.17) is 0 Å². The van der Waals surface area contributed by atoms with Crippen molar-refractivity contribution in [2.45, 2.75) is 20.3 Å². The van der Waals surface area contributed by atoms with Gasteiger partial charge < -0.3 is 10.6 Å². The summed E-state index contributed by atoms with van der Waals surface area (Å²) in [6, 6.07) is 7.79. The van der Waals surface area contributed by atoms with Crippen molar-refractivity contribution >= 4 is 33.9 Å². The van der Waals surface area contributed by atoms with E-state index in [1.165, 1.54) is 11.5 Å². The number of hydrogen-bond donors (Lipinski definition) is 2. The highest BCUT2D eigenvalue weighted by molar-refractivity contribution is 7.10. The molecule has 0 atom stereocenters. The van der Waals surface area contributed by atoms with Crippen LogP contribution in [0.1, 0.15) is 28.5 Å². The van der Waals surface area contributed by atoms with Crippen molar-refractivity contribution < 1.29 is 4.79 Å². The number of carbonyl (C=O) groups is 1. The zero-order valence-corrected chi connectivity index (χ0v) is 14.2. The monoisotopic (exact) mass is 339 g/mol. The summed E-state index contributed by atoms with van der Waals surface area (Å²) in [5, 5.41) is 6.75. The number of anilines is 3. The van der Waals surface area contributed by atoms with Crippen molar-refractivity contribution in [1.82, 2.24) is 14.3 Å². The number of nitrogens with zero attached hydrogens (tertiary/aromatic N) is 3. The lowest BCUT2D eigenvalue weighted by Gasteiger charge is -2.11. The topological polar surface area (TPSA) is 79.8 Å². The van der Waals surface area contributed by atoms with E-state index in [1.807, 2.05) is 31.2 Å². The maximum Gasteiger partial charge on any atom is 0.260 e. The molecule has 3 rings (SSSR count). The molecule has 0 saturated carbocycles. The van der Waals surface area contributed by atoms with Crippen LogP contribution >= 0.6 is 11.5 Å². The van der Waals surface area contributed by atoms with E-state index in [0.717, 1.165) is 17.7 Å². The minimum atomic E-state index is -0.187. The fraction of sp³-hybridized carbons (Fsp3) is 0.176. The number of rotatable bonds is 5. The first kappa shape index (κ1) is 16.1. The number of hydrogen-bond acceptors (Lipinski definition) is 6. The Kier molecular flexibility index (Phi) is 4.81. The van der Waals surface area contributed by atoms with Gasteiger partial charge in [-0.05, 0) is 36.5 Å². The summed E-state index contributed by atoms with van der Waals surface area (Å²) in [7, 11) is 0. The van der Waals surface area contributed by atoms with Gasteiger partial charge in [-0.2, -0.15) is 4.37 Å². The standard InChI is InChI=1S/C17H17N5OS/c1-3-12-6-4-5-7-13(12)20-16(23)15-11(2)22-24-17(15)21-14-10-18-8-9-19-14/h4-10H,3H2,1-2H3,(H,19,21)(H,20,23). The molecule has 6 nitrogen and oxygen atoms in total. The van der Waals surface area contributed by atoms with E-state index in [9.17, 15) is 4.79 Å².